The number of carbonyl (C=O) groups excluding carboxylic acids is 1. The van der Waals surface area contributed by atoms with Gasteiger partial charge in [-0.05, 0) is 12.5 Å². The normalized spacial score (nSPS) is 29.9. The minimum absolute atomic E-state index is 0.0242. The molecular weight excluding hydrogens is 152 g/mol. The molecule has 1 rings (SSSR count). The van der Waals surface area contributed by atoms with Crippen molar-refractivity contribution >= 4 is 5.78 Å². The summed E-state index contributed by atoms with van der Waals surface area (Å²) in [6.07, 6.45) is 5.93. The zero-order valence-electron chi connectivity index (χ0n) is 7.50. The van der Waals surface area contributed by atoms with Gasteiger partial charge in [-0.1, -0.05) is 25.2 Å². The Balaban J connectivity index is 2.87. The summed E-state index contributed by atoms with van der Waals surface area (Å²) in [5.41, 5.74) is 0.397. The van der Waals surface area contributed by atoms with Gasteiger partial charge in [0.25, 0.3) is 0 Å². The van der Waals surface area contributed by atoms with Gasteiger partial charge in [0.2, 0.25) is 0 Å². The Kier molecular flexibility index (Phi) is 2.48. The van der Waals surface area contributed by atoms with Crippen LogP contribution in [0.5, 0.6) is 0 Å². The van der Waals surface area contributed by atoms with Crippen LogP contribution in [-0.4, -0.2) is 17.5 Å². The lowest BCUT2D eigenvalue weighted by atomic mass is 9.85. The van der Waals surface area contributed by atoms with Crippen LogP contribution in [0.15, 0.2) is 23.8 Å². The van der Waals surface area contributed by atoms with E-state index in [0.717, 1.165) is 5.57 Å². The minimum Gasteiger partial charge on any atom is -0.395 e. The summed E-state index contributed by atoms with van der Waals surface area (Å²) < 4.78 is 0. The molecule has 0 aromatic heterocycles. The average molecular weight is 166 g/mol. The molecule has 1 aliphatic rings. The zero-order valence-corrected chi connectivity index (χ0v) is 7.50. The zero-order chi connectivity index (χ0) is 9.19. The van der Waals surface area contributed by atoms with E-state index in [2.05, 4.69) is 0 Å². The minimum atomic E-state index is -0.370. The SMILES string of the molecule is CC1=CC=CC(C)(CO)CC1=O. The van der Waals surface area contributed by atoms with Crippen LogP contribution in [-0.2, 0) is 4.79 Å². The van der Waals surface area contributed by atoms with Crippen LogP contribution in [0.1, 0.15) is 20.3 Å². The molecular formula is C10H14O2. The van der Waals surface area contributed by atoms with Crippen molar-refractivity contribution in [2.24, 2.45) is 5.41 Å². The van der Waals surface area contributed by atoms with Gasteiger partial charge < -0.3 is 5.11 Å². The molecule has 0 fully saturated rings. The predicted octanol–water partition coefficient (Wildman–Crippen LogP) is 1.46. The fraction of sp³-hybridized carbons (Fsp3) is 0.500. The molecule has 0 amide bonds. The monoisotopic (exact) mass is 166 g/mol. The molecule has 0 heterocycles. The van der Waals surface area contributed by atoms with E-state index in [1.165, 1.54) is 0 Å². The summed E-state index contributed by atoms with van der Waals surface area (Å²) in [6.45, 7) is 3.71. The van der Waals surface area contributed by atoms with Crippen LogP contribution in [0.25, 0.3) is 0 Å². The summed E-state index contributed by atoms with van der Waals surface area (Å²) in [5.74, 6) is 0.122. The number of ketones is 1. The number of allylic oxidation sites excluding steroid dienone is 3. The maximum atomic E-state index is 11.4. The first kappa shape index (κ1) is 9.20. The summed E-state index contributed by atoms with van der Waals surface area (Å²) in [7, 11) is 0. The quantitative estimate of drug-likeness (QED) is 0.640. The Bertz CT molecular complexity index is 251. The fourth-order valence-corrected chi connectivity index (χ4v) is 1.19. The first-order chi connectivity index (χ1) is 5.57. The maximum absolute atomic E-state index is 11.4. The number of hydrogen-bond acceptors (Lipinski definition) is 2. The Morgan fingerprint density at radius 3 is 2.92 bits per heavy atom. The van der Waals surface area contributed by atoms with E-state index in [0.29, 0.717) is 6.42 Å². The molecule has 1 unspecified atom stereocenters. The molecule has 0 aliphatic heterocycles. The van der Waals surface area contributed by atoms with E-state index >= 15 is 0 Å². The third-order valence-electron chi connectivity index (χ3n) is 2.21. The first-order valence-electron chi connectivity index (χ1n) is 4.08. The molecule has 0 aromatic carbocycles. The van der Waals surface area contributed by atoms with Crippen molar-refractivity contribution in [2.75, 3.05) is 6.61 Å². The standard InChI is InChI=1S/C10H14O2/c1-8-4-3-5-10(2,7-11)6-9(8)12/h3-5,11H,6-7H2,1-2H3. The summed E-state index contributed by atoms with van der Waals surface area (Å²) in [5, 5.41) is 9.05. The van der Waals surface area contributed by atoms with E-state index < -0.39 is 0 Å². The summed E-state index contributed by atoms with van der Waals surface area (Å²) >= 11 is 0. The van der Waals surface area contributed by atoms with E-state index in [1.807, 2.05) is 19.1 Å². The largest absolute Gasteiger partial charge is 0.395 e. The van der Waals surface area contributed by atoms with Crippen LogP contribution in [0.2, 0.25) is 0 Å². The Labute approximate surface area is 72.6 Å². The van der Waals surface area contributed by atoms with Crippen molar-refractivity contribution in [3.8, 4) is 0 Å². The maximum Gasteiger partial charge on any atom is 0.159 e. The van der Waals surface area contributed by atoms with E-state index in [9.17, 15) is 4.79 Å². The third-order valence-corrected chi connectivity index (χ3v) is 2.21. The second-order valence-electron chi connectivity index (χ2n) is 3.62. The average Bonchev–Trinajstić information content (AvgIpc) is 2.14. The number of Topliss-reactive ketones (excluding diaryl/α,β-unsaturated/α-hetero) is 1. The predicted molar refractivity (Wildman–Crippen MR) is 47.7 cm³/mol. The van der Waals surface area contributed by atoms with Crippen molar-refractivity contribution in [3.63, 3.8) is 0 Å². The van der Waals surface area contributed by atoms with Crippen molar-refractivity contribution < 1.29 is 9.90 Å². The molecule has 2 nitrogen and oxygen atoms in total. The third kappa shape index (κ3) is 1.83. The molecule has 66 valence electrons. The molecule has 2 heteroatoms. The highest BCUT2D eigenvalue weighted by molar-refractivity contribution is 5.96. The highest BCUT2D eigenvalue weighted by atomic mass is 16.3. The van der Waals surface area contributed by atoms with Gasteiger partial charge in [-0.2, -0.15) is 0 Å². The van der Waals surface area contributed by atoms with Gasteiger partial charge in [-0.15, -0.1) is 0 Å². The second-order valence-corrected chi connectivity index (χ2v) is 3.62. The lowest BCUT2D eigenvalue weighted by Crippen LogP contribution is -2.22. The summed E-state index contributed by atoms with van der Waals surface area (Å²) in [6, 6.07) is 0. The number of hydrogen-bond donors (Lipinski definition) is 1. The molecule has 0 aromatic rings. The number of carbonyl (C=O) groups is 1. The smallest absolute Gasteiger partial charge is 0.159 e. The Morgan fingerprint density at radius 1 is 1.67 bits per heavy atom. The molecule has 0 bridgehead atoms. The van der Waals surface area contributed by atoms with Crippen molar-refractivity contribution in [1.82, 2.24) is 0 Å². The molecule has 12 heavy (non-hydrogen) atoms. The van der Waals surface area contributed by atoms with Crippen LogP contribution in [0, 0.1) is 5.41 Å². The van der Waals surface area contributed by atoms with Gasteiger partial charge in [0.1, 0.15) is 0 Å². The highest BCUT2D eigenvalue weighted by Crippen LogP contribution is 2.26. The van der Waals surface area contributed by atoms with E-state index in [1.54, 1.807) is 13.0 Å². The molecule has 1 atom stereocenters. The Morgan fingerprint density at radius 2 is 2.33 bits per heavy atom. The first-order valence-corrected chi connectivity index (χ1v) is 4.08. The van der Waals surface area contributed by atoms with Crippen molar-refractivity contribution in [3.05, 3.63) is 23.8 Å². The molecule has 0 spiro atoms. The van der Waals surface area contributed by atoms with Crippen molar-refractivity contribution in [1.29, 1.82) is 0 Å². The van der Waals surface area contributed by atoms with Gasteiger partial charge >= 0.3 is 0 Å². The van der Waals surface area contributed by atoms with Crippen LogP contribution in [0.4, 0.5) is 0 Å². The fourth-order valence-electron chi connectivity index (χ4n) is 1.19. The molecule has 0 saturated carbocycles. The van der Waals surface area contributed by atoms with E-state index in [-0.39, 0.29) is 17.8 Å². The van der Waals surface area contributed by atoms with Gasteiger partial charge in [0.05, 0.1) is 6.61 Å². The number of rotatable bonds is 1. The lowest BCUT2D eigenvalue weighted by Gasteiger charge is -2.20. The number of aliphatic hydroxyl groups is 1. The van der Waals surface area contributed by atoms with Crippen LogP contribution >= 0.6 is 0 Å². The van der Waals surface area contributed by atoms with E-state index in [4.69, 9.17) is 5.11 Å². The summed E-state index contributed by atoms with van der Waals surface area (Å²) in [4.78, 5) is 11.4. The molecule has 1 aliphatic carbocycles. The van der Waals surface area contributed by atoms with Gasteiger partial charge in [0.15, 0.2) is 5.78 Å². The van der Waals surface area contributed by atoms with Gasteiger partial charge in [0, 0.05) is 11.8 Å². The molecule has 1 N–H and O–H groups in total. The van der Waals surface area contributed by atoms with Crippen LogP contribution in [0.3, 0.4) is 0 Å². The topological polar surface area (TPSA) is 37.3 Å². The lowest BCUT2D eigenvalue weighted by molar-refractivity contribution is -0.117. The molecule has 0 radical (unpaired) electrons. The van der Waals surface area contributed by atoms with Gasteiger partial charge in [-0.25, -0.2) is 0 Å². The van der Waals surface area contributed by atoms with Crippen LogP contribution < -0.4 is 0 Å². The highest BCUT2D eigenvalue weighted by Gasteiger charge is 2.25. The van der Waals surface area contributed by atoms with Gasteiger partial charge in [-0.3, -0.25) is 4.79 Å². The van der Waals surface area contributed by atoms with Crippen molar-refractivity contribution in [2.45, 2.75) is 20.3 Å². The molecule has 0 saturated heterocycles. The second kappa shape index (κ2) is 3.23. The number of aliphatic hydroxyl groups excluding tert-OH is 1. The Hall–Kier alpha value is -0.890.